The van der Waals surface area contributed by atoms with E-state index in [1.807, 2.05) is 74.4 Å². The van der Waals surface area contributed by atoms with Gasteiger partial charge < -0.3 is 19.0 Å². The van der Waals surface area contributed by atoms with Gasteiger partial charge in [-0.15, -0.1) is 10.2 Å². The maximum Gasteiger partial charge on any atom is 0.277 e. The minimum absolute atomic E-state index is 0.00709. The normalized spacial score (nSPS) is 10.7. The number of carbonyl (C=O) groups is 1. The van der Waals surface area contributed by atoms with Gasteiger partial charge in [0.2, 0.25) is 5.91 Å². The molecule has 3 aromatic rings. The van der Waals surface area contributed by atoms with Crippen LogP contribution in [-0.2, 0) is 17.9 Å². The number of amides is 1. The Kier molecular flexibility index (Phi) is 7.35. The highest BCUT2D eigenvalue weighted by Gasteiger charge is 2.14. The summed E-state index contributed by atoms with van der Waals surface area (Å²) >= 11 is 1.22. The topological polar surface area (TPSA) is 71.7 Å². The first-order chi connectivity index (χ1) is 14.4. The molecule has 0 bridgehead atoms. The lowest BCUT2D eigenvalue weighted by molar-refractivity contribution is -0.127. The van der Waals surface area contributed by atoms with E-state index in [0.717, 1.165) is 17.0 Å². The van der Waals surface area contributed by atoms with Gasteiger partial charge in [0.1, 0.15) is 5.75 Å². The lowest BCUT2D eigenvalue weighted by atomic mass is 10.2. The van der Waals surface area contributed by atoms with Crippen molar-refractivity contribution in [2.45, 2.75) is 25.3 Å². The first-order valence-corrected chi connectivity index (χ1v) is 10.5. The third-order valence-electron chi connectivity index (χ3n) is 4.45. The van der Waals surface area contributed by atoms with E-state index >= 15 is 0 Å². The Labute approximate surface area is 181 Å². The largest absolute Gasteiger partial charge is 0.484 e. The van der Waals surface area contributed by atoms with Crippen molar-refractivity contribution in [2.24, 2.45) is 0 Å². The molecule has 0 aliphatic heterocycles. The molecule has 0 spiro atoms. The van der Waals surface area contributed by atoms with E-state index in [4.69, 9.17) is 9.15 Å². The maximum atomic E-state index is 12.4. The Balaban J connectivity index is 1.44. The van der Waals surface area contributed by atoms with Crippen LogP contribution in [0.15, 0.2) is 58.2 Å². The fraction of sp³-hybridized carbons (Fsp3) is 0.318. The molecule has 0 fully saturated rings. The quantitative estimate of drug-likeness (QED) is 0.482. The van der Waals surface area contributed by atoms with Gasteiger partial charge >= 0.3 is 0 Å². The lowest BCUT2D eigenvalue weighted by Crippen LogP contribution is -2.27. The number of aryl methyl sites for hydroxylation is 1. The zero-order valence-corrected chi connectivity index (χ0v) is 18.5. The standard InChI is InChI=1S/C22H26N4O3S/c1-16-5-11-19(12-6-16)28-14-20-23-24-22(29-20)30-15-21(27)26(4)13-17-7-9-18(10-8-17)25(2)3/h5-12H,13-15H2,1-4H3. The van der Waals surface area contributed by atoms with Gasteiger partial charge in [-0.1, -0.05) is 41.6 Å². The molecule has 1 aromatic heterocycles. The van der Waals surface area contributed by atoms with Crippen LogP contribution in [0.3, 0.4) is 0 Å². The molecule has 2 aromatic carbocycles. The molecular weight excluding hydrogens is 400 g/mol. The van der Waals surface area contributed by atoms with Crippen molar-refractivity contribution >= 4 is 23.4 Å². The van der Waals surface area contributed by atoms with E-state index in [1.165, 1.54) is 17.3 Å². The van der Waals surface area contributed by atoms with Gasteiger partial charge in [-0.25, -0.2) is 0 Å². The Morgan fingerprint density at radius 3 is 2.40 bits per heavy atom. The number of thioether (sulfide) groups is 1. The van der Waals surface area contributed by atoms with Crippen LogP contribution < -0.4 is 9.64 Å². The zero-order chi connectivity index (χ0) is 21.5. The van der Waals surface area contributed by atoms with Crippen molar-refractivity contribution in [3.63, 3.8) is 0 Å². The lowest BCUT2D eigenvalue weighted by Gasteiger charge is -2.18. The third-order valence-corrected chi connectivity index (χ3v) is 5.25. The molecule has 7 nitrogen and oxygen atoms in total. The van der Waals surface area contributed by atoms with Crippen LogP contribution in [0.25, 0.3) is 0 Å². The van der Waals surface area contributed by atoms with E-state index in [2.05, 4.69) is 10.2 Å². The van der Waals surface area contributed by atoms with E-state index in [0.29, 0.717) is 17.7 Å². The smallest absolute Gasteiger partial charge is 0.277 e. The molecule has 1 heterocycles. The minimum atomic E-state index is -0.00709. The molecule has 30 heavy (non-hydrogen) atoms. The van der Waals surface area contributed by atoms with Gasteiger partial charge in [0.15, 0.2) is 6.61 Å². The number of benzene rings is 2. The van der Waals surface area contributed by atoms with Crippen LogP contribution in [0.2, 0.25) is 0 Å². The highest BCUT2D eigenvalue weighted by Crippen LogP contribution is 2.19. The van der Waals surface area contributed by atoms with Gasteiger partial charge in [-0.05, 0) is 36.8 Å². The molecule has 0 unspecified atom stereocenters. The van der Waals surface area contributed by atoms with Crippen LogP contribution in [0.4, 0.5) is 5.69 Å². The van der Waals surface area contributed by atoms with E-state index in [-0.39, 0.29) is 18.3 Å². The van der Waals surface area contributed by atoms with Crippen molar-refractivity contribution in [2.75, 3.05) is 31.8 Å². The minimum Gasteiger partial charge on any atom is -0.484 e. The number of rotatable bonds is 9. The van der Waals surface area contributed by atoms with Crippen molar-refractivity contribution in [3.05, 3.63) is 65.5 Å². The summed E-state index contributed by atoms with van der Waals surface area (Å²) < 4.78 is 11.2. The summed E-state index contributed by atoms with van der Waals surface area (Å²) in [5.74, 6) is 1.34. The molecule has 3 rings (SSSR count). The zero-order valence-electron chi connectivity index (χ0n) is 17.7. The molecule has 0 saturated heterocycles. The second-order valence-electron chi connectivity index (χ2n) is 7.16. The molecule has 0 N–H and O–H groups in total. The summed E-state index contributed by atoms with van der Waals surface area (Å²) in [6.45, 7) is 2.75. The first kappa shape index (κ1) is 21.7. The molecule has 1 amide bonds. The van der Waals surface area contributed by atoms with Gasteiger partial charge in [-0.3, -0.25) is 4.79 Å². The van der Waals surface area contributed by atoms with Crippen LogP contribution in [0.1, 0.15) is 17.0 Å². The van der Waals surface area contributed by atoms with Crippen molar-refractivity contribution in [1.29, 1.82) is 0 Å². The van der Waals surface area contributed by atoms with Crippen molar-refractivity contribution < 1.29 is 13.9 Å². The Morgan fingerprint density at radius 1 is 1.03 bits per heavy atom. The fourth-order valence-corrected chi connectivity index (χ4v) is 3.35. The molecule has 0 aliphatic rings. The summed E-state index contributed by atoms with van der Waals surface area (Å²) in [4.78, 5) is 16.2. The van der Waals surface area contributed by atoms with Crippen molar-refractivity contribution in [1.82, 2.24) is 15.1 Å². The summed E-state index contributed by atoms with van der Waals surface area (Å²) in [5.41, 5.74) is 3.37. The molecule has 158 valence electrons. The SMILES string of the molecule is Cc1ccc(OCc2nnc(SCC(=O)N(C)Cc3ccc(N(C)C)cc3)o2)cc1. The number of hydrogen-bond donors (Lipinski definition) is 0. The second kappa shape index (κ2) is 10.2. The van der Waals surface area contributed by atoms with E-state index in [1.54, 1.807) is 11.9 Å². The molecule has 0 saturated carbocycles. The number of carbonyl (C=O) groups excluding carboxylic acids is 1. The molecule has 0 aliphatic carbocycles. The number of ether oxygens (including phenoxy) is 1. The van der Waals surface area contributed by atoms with Crippen molar-refractivity contribution in [3.8, 4) is 5.75 Å². The second-order valence-corrected chi connectivity index (χ2v) is 8.09. The number of nitrogens with zero attached hydrogens (tertiary/aromatic N) is 4. The molecule has 8 heteroatoms. The van der Waals surface area contributed by atoms with Gasteiger partial charge in [0.05, 0.1) is 5.75 Å². The van der Waals surface area contributed by atoms with Gasteiger partial charge in [-0.2, -0.15) is 0 Å². The highest BCUT2D eigenvalue weighted by molar-refractivity contribution is 7.99. The average molecular weight is 427 g/mol. The third kappa shape index (κ3) is 6.25. The predicted molar refractivity (Wildman–Crippen MR) is 118 cm³/mol. The summed E-state index contributed by atoms with van der Waals surface area (Å²) in [7, 11) is 5.79. The van der Waals surface area contributed by atoms with Crippen LogP contribution >= 0.6 is 11.8 Å². The summed E-state index contributed by atoms with van der Waals surface area (Å²) in [5, 5.41) is 8.30. The summed E-state index contributed by atoms with van der Waals surface area (Å²) in [6, 6.07) is 15.9. The van der Waals surface area contributed by atoms with Gasteiger partial charge in [0, 0.05) is 33.4 Å². The molecular formula is C22H26N4O3S. The van der Waals surface area contributed by atoms with Crippen LogP contribution in [-0.4, -0.2) is 47.9 Å². The van der Waals surface area contributed by atoms with E-state index in [9.17, 15) is 4.79 Å². The van der Waals surface area contributed by atoms with Gasteiger partial charge in [0.25, 0.3) is 11.1 Å². The first-order valence-electron chi connectivity index (χ1n) is 9.55. The number of anilines is 1. The number of aromatic nitrogens is 2. The Morgan fingerprint density at radius 2 is 1.73 bits per heavy atom. The van der Waals surface area contributed by atoms with Crippen LogP contribution in [0, 0.1) is 6.92 Å². The summed E-state index contributed by atoms with van der Waals surface area (Å²) in [6.07, 6.45) is 0. The van der Waals surface area contributed by atoms with Crippen LogP contribution in [0.5, 0.6) is 5.75 Å². The maximum absolute atomic E-state index is 12.4. The number of hydrogen-bond acceptors (Lipinski definition) is 7. The monoisotopic (exact) mass is 426 g/mol. The molecule has 0 atom stereocenters. The predicted octanol–water partition coefficient (Wildman–Crippen LogP) is 3.77. The van der Waals surface area contributed by atoms with E-state index < -0.39 is 0 Å². The Bertz CT molecular complexity index is 955. The Hall–Kier alpha value is -3.00. The fourth-order valence-electron chi connectivity index (χ4n) is 2.63. The highest BCUT2D eigenvalue weighted by atomic mass is 32.2. The average Bonchev–Trinajstić information content (AvgIpc) is 3.20. The molecule has 0 radical (unpaired) electrons.